The number of aliphatic imine (C=N–C) groups is 1. The largest absolute Gasteiger partial charge is 0.361 e. The van der Waals surface area contributed by atoms with Crippen LogP contribution in [0.5, 0.6) is 0 Å². The molecule has 2 aliphatic heterocycles. The second-order valence-electron chi connectivity index (χ2n) is 8.47. The number of aromatic nitrogens is 1. The minimum absolute atomic E-state index is 0.0324. The first-order chi connectivity index (χ1) is 16.1. The first-order valence-corrected chi connectivity index (χ1v) is 11.4. The van der Waals surface area contributed by atoms with Crippen LogP contribution in [-0.2, 0) is 9.59 Å². The van der Waals surface area contributed by atoms with Crippen molar-refractivity contribution in [2.45, 2.75) is 38.1 Å². The Labute approximate surface area is 192 Å². The van der Waals surface area contributed by atoms with Gasteiger partial charge in [-0.3, -0.25) is 14.6 Å². The van der Waals surface area contributed by atoms with Crippen molar-refractivity contribution in [3.63, 3.8) is 0 Å². The number of amidine groups is 1. The number of nitrogens with one attached hydrogen (secondary N) is 2. The number of carbonyl (C=O) groups excluding carboxylic acids is 2. The van der Waals surface area contributed by atoms with Crippen LogP contribution in [0.3, 0.4) is 0 Å². The van der Waals surface area contributed by atoms with E-state index >= 15 is 0 Å². The van der Waals surface area contributed by atoms with E-state index in [4.69, 9.17) is 0 Å². The summed E-state index contributed by atoms with van der Waals surface area (Å²) in [5.74, 6) is -1.25. The van der Waals surface area contributed by atoms with Gasteiger partial charge in [0.25, 0.3) is 0 Å². The molecule has 0 spiro atoms. The molecule has 1 atom stereocenters. The van der Waals surface area contributed by atoms with Gasteiger partial charge < -0.3 is 20.1 Å². The van der Waals surface area contributed by atoms with Crippen molar-refractivity contribution in [3.05, 3.63) is 30.5 Å². The number of nitrogens with zero attached hydrogens (tertiary/aromatic N) is 5. The zero-order valence-electron chi connectivity index (χ0n) is 18.5. The van der Waals surface area contributed by atoms with E-state index in [1.54, 1.807) is 4.90 Å². The highest BCUT2D eigenvalue weighted by atomic mass is 16.2. The monoisotopic (exact) mass is 445 g/mol. The molecule has 170 valence electrons. The van der Waals surface area contributed by atoms with Crippen LogP contribution in [0.4, 0.5) is 5.69 Å². The average Bonchev–Trinajstić information content (AvgIpc) is 3.49. The zero-order valence-corrected chi connectivity index (χ0v) is 18.5. The standard InChI is InChI=1S/C24H27N7O2/c25-14-18(15-26)23(28-19-7-6-17-8-9-27-21(17)13-19)29-20-5-1-2-12-31(24(20)33)16-22(32)30-10-3-4-11-30/h6-9,13,18,20,27H,1-5,10-12,16H2,(H,28,29)/t20-/m0/s1. The molecule has 1 aromatic carbocycles. The highest BCUT2D eigenvalue weighted by Crippen LogP contribution is 2.21. The molecule has 0 unspecified atom stereocenters. The second-order valence-corrected chi connectivity index (χ2v) is 8.47. The molecule has 2 aromatic rings. The van der Waals surface area contributed by atoms with E-state index in [1.165, 1.54) is 0 Å². The maximum Gasteiger partial charge on any atom is 0.247 e. The summed E-state index contributed by atoms with van der Waals surface area (Å²) in [5.41, 5.74) is 1.57. The number of hydrogen-bond donors (Lipinski definition) is 2. The maximum atomic E-state index is 13.3. The minimum atomic E-state index is -1.14. The zero-order chi connectivity index (χ0) is 23.2. The van der Waals surface area contributed by atoms with Gasteiger partial charge in [0.15, 0.2) is 5.92 Å². The van der Waals surface area contributed by atoms with Gasteiger partial charge in [-0.2, -0.15) is 10.5 Å². The molecule has 2 fully saturated rings. The quantitative estimate of drug-likeness (QED) is 0.540. The third kappa shape index (κ3) is 5.15. The lowest BCUT2D eigenvalue weighted by molar-refractivity contribution is -0.140. The Morgan fingerprint density at radius 3 is 2.67 bits per heavy atom. The number of anilines is 1. The Morgan fingerprint density at radius 2 is 1.91 bits per heavy atom. The van der Waals surface area contributed by atoms with E-state index < -0.39 is 12.0 Å². The van der Waals surface area contributed by atoms with Crippen LogP contribution < -0.4 is 5.32 Å². The number of H-pyrrole nitrogens is 1. The topological polar surface area (TPSA) is 128 Å². The summed E-state index contributed by atoms with van der Waals surface area (Å²) in [4.78, 5) is 37.0. The Balaban J connectivity index is 1.56. The molecule has 0 radical (unpaired) electrons. The van der Waals surface area contributed by atoms with E-state index in [0.29, 0.717) is 18.7 Å². The summed E-state index contributed by atoms with van der Waals surface area (Å²) < 4.78 is 0. The van der Waals surface area contributed by atoms with Gasteiger partial charge >= 0.3 is 0 Å². The first kappa shape index (κ1) is 22.3. The summed E-state index contributed by atoms with van der Waals surface area (Å²) in [6, 6.07) is 10.8. The number of benzene rings is 1. The molecule has 0 saturated carbocycles. The van der Waals surface area contributed by atoms with Crippen LogP contribution in [-0.4, -0.2) is 64.7 Å². The van der Waals surface area contributed by atoms with Gasteiger partial charge in [0.05, 0.1) is 18.7 Å². The van der Waals surface area contributed by atoms with E-state index in [9.17, 15) is 20.1 Å². The highest BCUT2D eigenvalue weighted by Gasteiger charge is 2.31. The molecule has 1 aromatic heterocycles. The predicted octanol–water partition coefficient (Wildman–Crippen LogP) is 2.65. The Morgan fingerprint density at radius 1 is 1.15 bits per heavy atom. The van der Waals surface area contributed by atoms with Crippen LogP contribution in [0.25, 0.3) is 10.9 Å². The molecular formula is C24H27N7O2. The molecule has 33 heavy (non-hydrogen) atoms. The molecule has 9 nitrogen and oxygen atoms in total. The second kappa shape index (κ2) is 10.2. The number of likely N-dealkylation sites (tertiary alicyclic amines) is 2. The summed E-state index contributed by atoms with van der Waals surface area (Å²) in [6.07, 6.45) is 5.91. The number of aromatic amines is 1. The Hall–Kier alpha value is -3.85. The Bertz CT molecular complexity index is 1120. The smallest absolute Gasteiger partial charge is 0.247 e. The van der Waals surface area contributed by atoms with E-state index in [-0.39, 0.29) is 24.2 Å². The van der Waals surface area contributed by atoms with Crippen molar-refractivity contribution in [1.29, 1.82) is 10.5 Å². The summed E-state index contributed by atoms with van der Waals surface area (Å²) in [7, 11) is 0. The van der Waals surface area contributed by atoms with E-state index in [2.05, 4.69) is 15.3 Å². The van der Waals surface area contributed by atoms with Crippen LogP contribution in [0.1, 0.15) is 32.1 Å². The molecule has 9 heteroatoms. The number of carbonyl (C=O) groups is 2. The molecule has 2 saturated heterocycles. The van der Waals surface area contributed by atoms with Gasteiger partial charge in [0.1, 0.15) is 11.9 Å². The van der Waals surface area contributed by atoms with Crippen LogP contribution in [0.15, 0.2) is 35.5 Å². The first-order valence-electron chi connectivity index (χ1n) is 11.4. The van der Waals surface area contributed by atoms with Crippen molar-refractivity contribution >= 4 is 34.2 Å². The lowest BCUT2D eigenvalue weighted by atomic mass is 10.1. The Kier molecular flexibility index (Phi) is 6.89. The molecule has 4 rings (SSSR count). The third-order valence-corrected chi connectivity index (χ3v) is 6.19. The average molecular weight is 446 g/mol. The lowest BCUT2D eigenvalue weighted by Gasteiger charge is -2.25. The highest BCUT2D eigenvalue weighted by molar-refractivity contribution is 6.03. The van der Waals surface area contributed by atoms with E-state index in [1.807, 2.05) is 47.5 Å². The predicted molar refractivity (Wildman–Crippen MR) is 124 cm³/mol. The molecular weight excluding hydrogens is 418 g/mol. The van der Waals surface area contributed by atoms with Crippen LogP contribution in [0, 0.1) is 28.6 Å². The lowest BCUT2D eigenvalue weighted by Crippen LogP contribution is -2.45. The summed E-state index contributed by atoms with van der Waals surface area (Å²) in [6.45, 7) is 2.05. The summed E-state index contributed by atoms with van der Waals surface area (Å²) >= 11 is 0. The van der Waals surface area contributed by atoms with Crippen molar-refractivity contribution in [2.24, 2.45) is 10.9 Å². The fourth-order valence-electron chi connectivity index (χ4n) is 4.36. The summed E-state index contributed by atoms with van der Waals surface area (Å²) in [5, 5.41) is 23.1. The van der Waals surface area contributed by atoms with Crippen molar-refractivity contribution < 1.29 is 9.59 Å². The van der Waals surface area contributed by atoms with Crippen molar-refractivity contribution in [3.8, 4) is 12.1 Å². The number of amides is 2. The van der Waals surface area contributed by atoms with Gasteiger partial charge in [0.2, 0.25) is 11.8 Å². The van der Waals surface area contributed by atoms with Gasteiger partial charge in [-0.1, -0.05) is 6.07 Å². The fourth-order valence-corrected chi connectivity index (χ4v) is 4.36. The van der Waals surface area contributed by atoms with Gasteiger partial charge in [0, 0.05) is 37.0 Å². The fraction of sp³-hybridized carbons (Fsp3) is 0.458. The van der Waals surface area contributed by atoms with Gasteiger partial charge in [-0.25, -0.2) is 0 Å². The van der Waals surface area contributed by atoms with Crippen LogP contribution >= 0.6 is 0 Å². The van der Waals surface area contributed by atoms with E-state index in [0.717, 1.165) is 49.7 Å². The molecule has 2 aliphatic rings. The molecule has 0 aliphatic carbocycles. The molecule has 0 bridgehead atoms. The van der Waals surface area contributed by atoms with Gasteiger partial charge in [-0.05, 0) is 55.7 Å². The number of rotatable bonds is 5. The molecule has 2 amide bonds. The molecule has 3 heterocycles. The van der Waals surface area contributed by atoms with Crippen LogP contribution in [0.2, 0.25) is 0 Å². The minimum Gasteiger partial charge on any atom is -0.361 e. The van der Waals surface area contributed by atoms with Gasteiger partial charge in [-0.15, -0.1) is 0 Å². The number of nitriles is 2. The maximum absolute atomic E-state index is 13.3. The van der Waals surface area contributed by atoms with Crippen molar-refractivity contribution in [2.75, 3.05) is 31.5 Å². The number of fused-ring (bicyclic) bond motifs is 1. The normalized spacial score (nSPS) is 19.4. The molecule has 2 N–H and O–H groups in total. The SMILES string of the molecule is N#CC(C#N)C(=N[C@H]1CCCCN(CC(=O)N2CCCC2)C1=O)Nc1ccc2cc[nH]c2c1. The van der Waals surface area contributed by atoms with Crippen molar-refractivity contribution in [1.82, 2.24) is 14.8 Å². The third-order valence-electron chi connectivity index (χ3n) is 6.19. The number of hydrogen-bond acceptors (Lipinski definition) is 5.